The molecule has 0 radical (unpaired) electrons. The van der Waals surface area contributed by atoms with E-state index < -0.39 is 0 Å². The summed E-state index contributed by atoms with van der Waals surface area (Å²) in [6.45, 7) is 1.00. The van der Waals surface area contributed by atoms with E-state index in [9.17, 15) is 9.18 Å². The molecule has 2 fully saturated rings. The Hall–Kier alpha value is -2.85. The molecule has 0 spiro atoms. The van der Waals surface area contributed by atoms with Crippen molar-refractivity contribution in [1.82, 2.24) is 0 Å². The Morgan fingerprint density at radius 2 is 1.74 bits per heavy atom. The fourth-order valence-corrected chi connectivity index (χ4v) is 5.33. The first-order chi connectivity index (χ1) is 16.6. The monoisotopic (exact) mass is 477 g/mol. The van der Waals surface area contributed by atoms with Crippen molar-refractivity contribution in [3.05, 3.63) is 82.6 Å². The Morgan fingerprint density at radius 1 is 0.941 bits per heavy atom. The molecule has 1 heterocycles. The van der Waals surface area contributed by atoms with Crippen LogP contribution in [0.25, 0.3) is 11.1 Å². The molecule has 2 aliphatic rings. The molecule has 0 N–H and O–H groups in total. The van der Waals surface area contributed by atoms with Gasteiger partial charge in [-0.15, -0.1) is 0 Å². The molecule has 0 unspecified atom stereocenters. The molecule has 5 heteroatoms. The van der Waals surface area contributed by atoms with E-state index in [0.29, 0.717) is 23.1 Å². The third-order valence-corrected chi connectivity index (χ3v) is 7.29. The number of ether oxygens (including phenoxy) is 1. The molecule has 0 bridgehead atoms. The van der Waals surface area contributed by atoms with Gasteiger partial charge < -0.3 is 9.64 Å². The normalized spacial score (nSPS) is 16.8. The molecule has 34 heavy (non-hydrogen) atoms. The van der Waals surface area contributed by atoms with E-state index in [2.05, 4.69) is 0 Å². The molecular formula is C29H29ClFNO2. The topological polar surface area (TPSA) is 29.5 Å². The molecule has 3 aromatic carbocycles. The van der Waals surface area contributed by atoms with E-state index in [1.54, 1.807) is 0 Å². The SMILES string of the molecule is O=C1CCCN1c1ccc(-c2ccc(Cl)cc2)c(COc2ccc(C3CCCCC3)c(F)c2)c1. The molecule has 1 aliphatic heterocycles. The van der Waals surface area contributed by atoms with Crippen LogP contribution in [0.2, 0.25) is 5.02 Å². The van der Waals surface area contributed by atoms with Crippen molar-refractivity contribution >= 4 is 23.2 Å². The van der Waals surface area contributed by atoms with Crippen molar-refractivity contribution in [2.75, 3.05) is 11.4 Å². The minimum atomic E-state index is -0.182. The first-order valence-electron chi connectivity index (χ1n) is 12.2. The van der Waals surface area contributed by atoms with Gasteiger partial charge in [0.25, 0.3) is 0 Å². The van der Waals surface area contributed by atoms with Gasteiger partial charge >= 0.3 is 0 Å². The van der Waals surface area contributed by atoms with Gasteiger partial charge in [-0.05, 0) is 77.8 Å². The summed E-state index contributed by atoms with van der Waals surface area (Å²) in [6, 6.07) is 19.0. The van der Waals surface area contributed by atoms with E-state index in [4.69, 9.17) is 16.3 Å². The molecule has 1 saturated heterocycles. The van der Waals surface area contributed by atoms with Gasteiger partial charge in [0.1, 0.15) is 18.2 Å². The van der Waals surface area contributed by atoms with E-state index >= 15 is 0 Å². The zero-order chi connectivity index (χ0) is 23.5. The highest BCUT2D eigenvalue weighted by Crippen LogP contribution is 2.36. The third kappa shape index (κ3) is 4.97. The predicted octanol–water partition coefficient (Wildman–Crippen LogP) is 7.90. The van der Waals surface area contributed by atoms with Crippen molar-refractivity contribution < 1.29 is 13.9 Å². The molecule has 3 nitrogen and oxygen atoms in total. The minimum Gasteiger partial charge on any atom is -0.489 e. The zero-order valence-corrected chi connectivity index (χ0v) is 20.0. The van der Waals surface area contributed by atoms with Crippen LogP contribution in [0.5, 0.6) is 5.75 Å². The maximum atomic E-state index is 14.9. The predicted molar refractivity (Wildman–Crippen MR) is 135 cm³/mol. The lowest BCUT2D eigenvalue weighted by molar-refractivity contribution is -0.117. The highest BCUT2D eigenvalue weighted by atomic mass is 35.5. The van der Waals surface area contributed by atoms with Crippen molar-refractivity contribution in [2.45, 2.75) is 57.5 Å². The van der Waals surface area contributed by atoms with Crippen LogP contribution < -0.4 is 9.64 Å². The number of carbonyl (C=O) groups is 1. The maximum Gasteiger partial charge on any atom is 0.227 e. The summed E-state index contributed by atoms with van der Waals surface area (Å²) in [5.41, 5.74) is 4.64. The molecule has 5 rings (SSSR count). The molecule has 3 aromatic rings. The maximum absolute atomic E-state index is 14.9. The van der Waals surface area contributed by atoms with Crippen LogP contribution in [0.15, 0.2) is 60.7 Å². The summed E-state index contributed by atoms with van der Waals surface area (Å²) in [7, 11) is 0. The largest absolute Gasteiger partial charge is 0.489 e. The number of carbonyl (C=O) groups excluding carboxylic acids is 1. The molecule has 0 atom stereocenters. The number of amides is 1. The van der Waals surface area contributed by atoms with Gasteiger partial charge in [-0.3, -0.25) is 4.79 Å². The Balaban J connectivity index is 1.40. The van der Waals surface area contributed by atoms with Crippen LogP contribution in [-0.4, -0.2) is 12.5 Å². The summed E-state index contributed by atoms with van der Waals surface area (Å²) < 4.78 is 21.0. The van der Waals surface area contributed by atoms with Crippen molar-refractivity contribution in [2.24, 2.45) is 0 Å². The van der Waals surface area contributed by atoms with Gasteiger partial charge in [0.05, 0.1) is 0 Å². The average Bonchev–Trinajstić information content (AvgIpc) is 3.29. The number of hydrogen-bond donors (Lipinski definition) is 0. The standard InChI is InChI=1S/C29H29ClFNO2/c30-23-10-8-21(9-11-23)26-14-12-24(32-16-4-7-29(32)33)17-22(26)19-34-25-13-15-27(28(31)18-25)20-5-2-1-3-6-20/h8-15,17-18,20H,1-7,16,19H2. The Labute approximate surface area is 205 Å². The fraction of sp³-hybridized carbons (Fsp3) is 0.345. The molecule has 1 saturated carbocycles. The van der Waals surface area contributed by atoms with Crippen LogP contribution in [0.4, 0.5) is 10.1 Å². The zero-order valence-electron chi connectivity index (χ0n) is 19.2. The van der Waals surface area contributed by atoms with Crippen LogP contribution in [0.3, 0.4) is 0 Å². The lowest BCUT2D eigenvalue weighted by Crippen LogP contribution is -2.23. The Morgan fingerprint density at radius 3 is 2.44 bits per heavy atom. The van der Waals surface area contributed by atoms with Gasteiger partial charge in [-0.25, -0.2) is 4.39 Å². The smallest absolute Gasteiger partial charge is 0.227 e. The van der Waals surface area contributed by atoms with Gasteiger partial charge in [0, 0.05) is 29.7 Å². The summed E-state index contributed by atoms with van der Waals surface area (Å²) in [4.78, 5) is 14.1. The highest BCUT2D eigenvalue weighted by Gasteiger charge is 2.23. The second-order valence-corrected chi connectivity index (χ2v) is 9.74. The summed E-state index contributed by atoms with van der Waals surface area (Å²) in [5, 5.41) is 0.675. The molecular weight excluding hydrogens is 449 g/mol. The lowest BCUT2D eigenvalue weighted by Gasteiger charge is -2.23. The number of benzene rings is 3. The van der Waals surface area contributed by atoms with Gasteiger partial charge in [0.15, 0.2) is 0 Å². The van der Waals surface area contributed by atoms with Crippen molar-refractivity contribution in [3.8, 4) is 16.9 Å². The lowest BCUT2D eigenvalue weighted by atomic mass is 9.84. The summed E-state index contributed by atoms with van der Waals surface area (Å²) in [6.07, 6.45) is 7.16. The number of nitrogens with zero attached hydrogens (tertiary/aromatic N) is 1. The van der Waals surface area contributed by atoms with Crippen LogP contribution in [-0.2, 0) is 11.4 Å². The number of hydrogen-bond acceptors (Lipinski definition) is 2. The summed E-state index contributed by atoms with van der Waals surface area (Å²) >= 11 is 6.09. The van der Waals surface area contributed by atoms with Crippen molar-refractivity contribution in [3.63, 3.8) is 0 Å². The first kappa shape index (κ1) is 22.9. The van der Waals surface area contributed by atoms with Gasteiger partial charge in [0.2, 0.25) is 5.91 Å². The molecule has 1 aliphatic carbocycles. The summed E-state index contributed by atoms with van der Waals surface area (Å²) in [5.74, 6) is 0.793. The van der Waals surface area contributed by atoms with Crippen LogP contribution in [0, 0.1) is 5.82 Å². The van der Waals surface area contributed by atoms with Gasteiger partial charge in [-0.1, -0.05) is 55.1 Å². The first-order valence-corrected chi connectivity index (χ1v) is 12.6. The second-order valence-electron chi connectivity index (χ2n) is 9.30. The Bertz CT molecular complexity index is 1170. The van der Waals surface area contributed by atoms with E-state index in [1.165, 1.54) is 25.3 Å². The fourth-order valence-electron chi connectivity index (χ4n) is 5.20. The highest BCUT2D eigenvalue weighted by molar-refractivity contribution is 6.30. The van der Waals surface area contributed by atoms with Crippen molar-refractivity contribution in [1.29, 1.82) is 0 Å². The number of halogens is 2. The second kappa shape index (κ2) is 10.2. The molecule has 1 amide bonds. The van der Waals surface area contributed by atoms with E-state index in [-0.39, 0.29) is 18.3 Å². The number of rotatable bonds is 6. The van der Waals surface area contributed by atoms with E-state index in [1.807, 2.05) is 59.5 Å². The quantitative estimate of drug-likeness (QED) is 0.361. The Kier molecular flexibility index (Phi) is 6.87. The van der Waals surface area contributed by atoms with E-state index in [0.717, 1.165) is 53.7 Å². The van der Waals surface area contributed by atoms with Crippen LogP contribution >= 0.6 is 11.6 Å². The number of anilines is 1. The molecule has 0 aromatic heterocycles. The van der Waals surface area contributed by atoms with Gasteiger partial charge in [-0.2, -0.15) is 0 Å². The minimum absolute atomic E-state index is 0.145. The third-order valence-electron chi connectivity index (χ3n) is 7.04. The average molecular weight is 478 g/mol. The molecule has 176 valence electrons. The van der Waals surface area contributed by atoms with Crippen LogP contribution in [0.1, 0.15) is 62.0 Å².